The topological polar surface area (TPSA) is 94.6 Å². The molecule has 0 spiro atoms. The number of nitriles is 1. The number of hydrogen-bond acceptors (Lipinski definition) is 6. The van der Waals surface area contributed by atoms with Crippen LogP contribution in [0.4, 0.5) is 0 Å². The van der Waals surface area contributed by atoms with Gasteiger partial charge in [-0.05, 0) is 46.4 Å². The second-order valence-electron chi connectivity index (χ2n) is 10.3. The van der Waals surface area contributed by atoms with Crippen molar-refractivity contribution < 1.29 is 19.0 Å². The Labute approximate surface area is 216 Å². The van der Waals surface area contributed by atoms with E-state index < -0.39 is 5.92 Å². The molecule has 6 nitrogen and oxygen atoms in total. The van der Waals surface area contributed by atoms with Crippen molar-refractivity contribution in [3.8, 4) is 17.6 Å². The van der Waals surface area contributed by atoms with Gasteiger partial charge in [0.15, 0.2) is 17.3 Å². The highest BCUT2D eigenvalue weighted by molar-refractivity contribution is 6.00. The summed E-state index contributed by atoms with van der Waals surface area (Å²) >= 11 is 0. The van der Waals surface area contributed by atoms with E-state index in [9.17, 15) is 10.1 Å². The molecule has 0 amide bonds. The van der Waals surface area contributed by atoms with Gasteiger partial charge < -0.3 is 19.9 Å². The van der Waals surface area contributed by atoms with Crippen LogP contribution >= 0.6 is 0 Å². The van der Waals surface area contributed by atoms with E-state index >= 15 is 0 Å². The summed E-state index contributed by atoms with van der Waals surface area (Å²) < 4.78 is 18.0. The van der Waals surface area contributed by atoms with Gasteiger partial charge in [-0.3, -0.25) is 4.79 Å². The minimum atomic E-state index is -0.608. The number of ketones is 1. The number of Topliss-reactive ketones (excluding diaryl/α,β-unsaturated/α-hetero) is 1. The Morgan fingerprint density at radius 1 is 1.05 bits per heavy atom. The van der Waals surface area contributed by atoms with Gasteiger partial charge in [-0.15, -0.1) is 0 Å². The fraction of sp³-hybridized carbons (Fsp3) is 0.290. The third-order valence-electron chi connectivity index (χ3n) is 6.94. The molecule has 0 saturated heterocycles. The molecular formula is C31H30N2O4. The van der Waals surface area contributed by atoms with Crippen LogP contribution in [0.3, 0.4) is 0 Å². The lowest BCUT2D eigenvalue weighted by Crippen LogP contribution is -2.33. The zero-order valence-corrected chi connectivity index (χ0v) is 21.3. The molecule has 188 valence electrons. The number of rotatable bonds is 6. The summed E-state index contributed by atoms with van der Waals surface area (Å²) in [4.78, 5) is 13.3. The van der Waals surface area contributed by atoms with Gasteiger partial charge in [-0.2, -0.15) is 5.26 Å². The number of fused-ring (bicyclic) bond motifs is 1. The number of allylic oxidation sites excluding steroid dienone is 3. The SMILES string of the molecule is CCOc1cc(C2C(C#N)=C(N)OC3=C2C(=O)CC(C)(C)C3)ccc1OCc1cccc2ccccc12. The van der Waals surface area contributed by atoms with Crippen LogP contribution in [-0.2, 0) is 16.1 Å². The first-order valence-electron chi connectivity index (χ1n) is 12.5. The molecule has 0 fully saturated rings. The average Bonchev–Trinajstić information content (AvgIpc) is 2.86. The van der Waals surface area contributed by atoms with Gasteiger partial charge in [0.1, 0.15) is 24.0 Å². The molecule has 3 aromatic rings. The van der Waals surface area contributed by atoms with Crippen LogP contribution in [0.2, 0.25) is 0 Å². The van der Waals surface area contributed by atoms with Gasteiger partial charge in [-0.1, -0.05) is 62.4 Å². The summed E-state index contributed by atoms with van der Waals surface area (Å²) in [6.45, 7) is 6.77. The van der Waals surface area contributed by atoms with E-state index in [0.717, 1.165) is 21.9 Å². The molecule has 1 unspecified atom stereocenters. The number of nitrogens with two attached hydrogens (primary N) is 1. The molecule has 3 aromatic carbocycles. The summed E-state index contributed by atoms with van der Waals surface area (Å²) in [5.74, 6) is 1.11. The molecule has 1 atom stereocenters. The Hall–Kier alpha value is -4.24. The van der Waals surface area contributed by atoms with E-state index in [-0.39, 0.29) is 22.7 Å². The molecule has 2 aliphatic rings. The molecule has 0 saturated carbocycles. The highest BCUT2D eigenvalue weighted by Crippen LogP contribution is 2.48. The van der Waals surface area contributed by atoms with Gasteiger partial charge in [-0.25, -0.2) is 0 Å². The molecule has 1 aliphatic heterocycles. The van der Waals surface area contributed by atoms with Crippen LogP contribution in [0.25, 0.3) is 10.8 Å². The third-order valence-corrected chi connectivity index (χ3v) is 6.94. The fourth-order valence-corrected chi connectivity index (χ4v) is 5.28. The fourth-order valence-electron chi connectivity index (χ4n) is 5.28. The second kappa shape index (κ2) is 9.67. The molecule has 1 heterocycles. The van der Waals surface area contributed by atoms with Crippen molar-refractivity contribution in [2.24, 2.45) is 11.1 Å². The van der Waals surface area contributed by atoms with Gasteiger partial charge >= 0.3 is 0 Å². The Kier molecular flexibility index (Phi) is 6.39. The normalized spacial score (nSPS) is 18.8. The number of nitrogens with zero attached hydrogens (tertiary/aromatic N) is 1. The van der Waals surface area contributed by atoms with Crippen molar-refractivity contribution in [1.82, 2.24) is 0 Å². The first-order valence-corrected chi connectivity index (χ1v) is 12.5. The van der Waals surface area contributed by atoms with Gasteiger partial charge in [0.2, 0.25) is 5.88 Å². The maximum absolute atomic E-state index is 13.3. The molecule has 37 heavy (non-hydrogen) atoms. The zero-order chi connectivity index (χ0) is 26.2. The number of carbonyl (C=O) groups is 1. The van der Waals surface area contributed by atoms with Crippen LogP contribution in [-0.4, -0.2) is 12.4 Å². The standard InChI is InChI=1S/C31H30N2O4/c1-4-35-26-14-20(12-13-25(26)36-18-21-10-7-9-19-8-5-6-11-22(19)21)28-23(17-32)30(33)37-27-16-31(2,3)15-24(34)29(27)28/h5-14,28H,4,15-16,18,33H2,1-3H3. The first-order chi connectivity index (χ1) is 17.8. The lowest BCUT2D eigenvalue weighted by atomic mass is 9.70. The van der Waals surface area contributed by atoms with Crippen molar-refractivity contribution in [3.63, 3.8) is 0 Å². The van der Waals surface area contributed by atoms with E-state index in [2.05, 4.69) is 30.3 Å². The predicted molar refractivity (Wildman–Crippen MR) is 142 cm³/mol. The molecule has 0 bridgehead atoms. The highest BCUT2D eigenvalue weighted by atomic mass is 16.5. The molecule has 0 radical (unpaired) electrons. The summed E-state index contributed by atoms with van der Waals surface area (Å²) in [6, 6.07) is 22.1. The Morgan fingerprint density at radius 2 is 1.84 bits per heavy atom. The van der Waals surface area contributed by atoms with Gasteiger partial charge in [0.05, 0.1) is 12.5 Å². The molecule has 6 heteroatoms. The maximum Gasteiger partial charge on any atom is 0.205 e. The zero-order valence-electron chi connectivity index (χ0n) is 21.3. The van der Waals surface area contributed by atoms with Crippen molar-refractivity contribution in [3.05, 3.63) is 94.6 Å². The minimum absolute atomic E-state index is 0.0225. The predicted octanol–water partition coefficient (Wildman–Crippen LogP) is 6.27. The van der Waals surface area contributed by atoms with Crippen molar-refractivity contribution >= 4 is 16.6 Å². The monoisotopic (exact) mass is 494 g/mol. The van der Waals surface area contributed by atoms with E-state index in [1.54, 1.807) is 0 Å². The minimum Gasteiger partial charge on any atom is -0.490 e. The first kappa shape index (κ1) is 24.5. The van der Waals surface area contributed by atoms with E-state index in [0.29, 0.717) is 48.9 Å². The molecular weight excluding hydrogens is 464 g/mol. The largest absolute Gasteiger partial charge is 0.490 e. The van der Waals surface area contributed by atoms with Crippen molar-refractivity contribution in [2.45, 2.75) is 46.1 Å². The number of benzene rings is 3. The lowest BCUT2D eigenvalue weighted by molar-refractivity contribution is -0.119. The maximum atomic E-state index is 13.3. The van der Waals surface area contributed by atoms with E-state index in [4.69, 9.17) is 19.9 Å². The Balaban J connectivity index is 1.51. The highest BCUT2D eigenvalue weighted by Gasteiger charge is 2.43. The second-order valence-corrected chi connectivity index (χ2v) is 10.3. The molecule has 0 aromatic heterocycles. The van der Waals surface area contributed by atoms with Gasteiger partial charge in [0.25, 0.3) is 0 Å². The molecule has 2 N–H and O–H groups in total. The summed E-state index contributed by atoms with van der Waals surface area (Å²) in [7, 11) is 0. The quantitative estimate of drug-likeness (QED) is 0.434. The van der Waals surface area contributed by atoms with Crippen LogP contribution in [0.5, 0.6) is 11.5 Å². The van der Waals surface area contributed by atoms with Crippen LogP contribution in [0, 0.1) is 16.7 Å². The summed E-state index contributed by atoms with van der Waals surface area (Å²) in [5, 5.41) is 12.2. The summed E-state index contributed by atoms with van der Waals surface area (Å²) in [6.07, 6.45) is 0.962. The van der Waals surface area contributed by atoms with E-state index in [1.165, 1.54) is 0 Å². The van der Waals surface area contributed by atoms with Crippen molar-refractivity contribution in [2.75, 3.05) is 6.61 Å². The Bertz CT molecular complexity index is 1490. The number of carbonyl (C=O) groups excluding carboxylic acids is 1. The lowest BCUT2D eigenvalue weighted by Gasteiger charge is -2.37. The number of ether oxygens (including phenoxy) is 3. The third kappa shape index (κ3) is 4.65. The van der Waals surface area contributed by atoms with E-state index in [1.807, 2.05) is 57.2 Å². The Morgan fingerprint density at radius 3 is 2.62 bits per heavy atom. The van der Waals surface area contributed by atoms with Crippen LogP contribution in [0.1, 0.15) is 50.7 Å². The average molecular weight is 495 g/mol. The smallest absolute Gasteiger partial charge is 0.205 e. The number of hydrogen-bond donors (Lipinski definition) is 1. The molecule has 5 rings (SSSR count). The van der Waals surface area contributed by atoms with Crippen LogP contribution in [0.15, 0.2) is 83.5 Å². The van der Waals surface area contributed by atoms with Crippen LogP contribution < -0.4 is 15.2 Å². The van der Waals surface area contributed by atoms with Crippen molar-refractivity contribution in [1.29, 1.82) is 5.26 Å². The summed E-state index contributed by atoms with van der Waals surface area (Å²) in [5.41, 5.74) is 8.50. The van der Waals surface area contributed by atoms with Gasteiger partial charge in [0, 0.05) is 18.4 Å². The molecule has 1 aliphatic carbocycles.